The van der Waals surface area contributed by atoms with Gasteiger partial charge in [-0.1, -0.05) is 275 Å². The van der Waals surface area contributed by atoms with Gasteiger partial charge in [0.15, 0.2) is 6.10 Å². The van der Waals surface area contributed by atoms with E-state index in [9.17, 15) is 19.0 Å². The van der Waals surface area contributed by atoms with E-state index in [1.165, 1.54) is 205 Å². The second-order valence-corrected chi connectivity index (χ2v) is 23.5. The number of carbonyl (C=O) groups excluding carboxylic acids is 2. The molecule has 0 bridgehead atoms. The van der Waals surface area contributed by atoms with Gasteiger partial charge >= 0.3 is 11.9 Å². The van der Waals surface area contributed by atoms with Crippen LogP contribution in [-0.4, -0.2) is 70.0 Å². The molecule has 0 saturated carbocycles. The van der Waals surface area contributed by atoms with Crippen molar-refractivity contribution in [1.82, 2.24) is 0 Å². The highest BCUT2D eigenvalue weighted by Crippen LogP contribution is 2.38. The van der Waals surface area contributed by atoms with Crippen molar-refractivity contribution in [2.24, 2.45) is 0 Å². The summed E-state index contributed by atoms with van der Waals surface area (Å²) in [6.45, 7) is 4.12. The van der Waals surface area contributed by atoms with Crippen LogP contribution >= 0.6 is 7.82 Å². The van der Waals surface area contributed by atoms with Crippen LogP contribution in [0, 0.1) is 0 Å². The lowest BCUT2D eigenvalue weighted by Crippen LogP contribution is -2.37. The standard InChI is InChI=1S/C62H118NO8P/c1-6-8-10-12-14-16-18-20-21-22-23-24-25-26-27-28-29-30-31-32-33-34-35-36-37-38-39-40-41-43-44-46-48-50-52-54-61(64)68-58-60(59-70-72(66,67)69-57-56-63(3,4)5)71-62(65)55-53-51-49-47-45-42-19-17-15-13-11-9-7-2/h9,11,15,17,42,45,60H,6-8,10,12-14,16,18-41,43-44,46-59H2,1-5H3/b11-9-,17-15-,45-42-. The van der Waals surface area contributed by atoms with Crippen LogP contribution in [0.15, 0.2) is 36.5 Å². The number of phosphoric ester groups is 1. The number of quaternary nitrogens is 1. The van der Waals surface area contributed by atoms with E-state index in [2.05, 4.69) is 50.3 Å². The van der Waals surface area contributed by atoms with Crippen molar-refractivity contribution >= 4 is 19.8 Å². The summed E-state index contributed by atoms with van der Waals surface area (Å²) in [6, 6.07) is 0. The maximum absolute atomic E-state index is 12.7. The molecule has 72 heavy (non-hydrogen) atoms. The second-order valence-electron chi connectivity index (χ2n) is 22.0. The van der Waals surface area contributed by atoms with Crippen LogP contribution in [0.4, 0.5) is 0 Å². The summed E-state index contributed by atoms with van der Waals surface area (Å²) in [4.78, 5) is 37.7. The van der Waals surface area contributed by atoms with Crippen molar-refractivity contribution in [3.05, 3.63) is 36.5 Å². The summed E-state index contributed by atoms with van der Waals surface area (Å²) in [5.41, 5.74) is 0. The molecule has 0 aliphatic rings. The molecule has 10 heteroatoms. The Hall–Kier alpha value is -1.77. The van der Waals surface area contributed by atoms with Gasteiger partial charge in [-0.05, 0) is 44.9 Å². The van der Waals surface area contributed by atoms with Gasteiger partial charge in [-0.3, -0.25) is 14.2 Å². The van der Waals surface area contributed by atoms with E-state index in [4.69, 9.17) is 18.5 Å². The summed E-state index contributed by atoms with van der Waals surface area (Å²) < 4.78 is 34.0. The number of ether oxygens (including phenoxy) is 2. The van der Waals surface area contributed by atoms with Gasteiger partial charge < -0.3 is 27.9 Å². The highest BCUT2D eigenvalue weighted by Gasteiger charge is 2.22. The first-order valence-corrected chi connectivity index (χ1v) is 32.2. The van der Waals surface area contributed by atoms with Crippen LogP contribution in [0.5, 0.6) is 0 Å². The highest BCUT2D eigenvalue weighted by atomic mass is 31.2. The number of phosphoric acid groups is 1. The fourth-order valence-electron chi connectivity index (χ4n) is 8.97. The first kappa shape index (κ1) is 70.2. The van der Waals surface area contributed by atoms with E-state index in [-0.39, 0.29) is 32.0 Å². The van der Waals surface area contributed by atoms with Gasteiger partial charge in [-0.25, -0.2) is 0 Å². The lowest BCUT2D eigenvalue weighted by atomic mass is 10.0. The van der Waals surface area contributed by atoms with Crippen LogP contribution in [-0.2, 0) is 32.7 Å². The molecular formula is C62H118NO8P. The topological polar surface area (TPSA) is 111 Å². The second kappa shape index (κ2) is 54.0. The molecule has 0 aromatic carbocycles. The Labute approximate surface area is 446 Å². The summed E-state index contributed by atoms with van der Waals surface area (Å²) in [5.74, 6) is -0.857. The average molecular weight is 1040 g/mol. The van der Waals surface area contributed by atoms with E-state index in [0.29, 0.717) is 17.4 Å². The van der Waals surface area contributed by atoms with Crippen molar-refractivity contribution in [3.8, 4) is 0 Å². The third-order valence-corrected chi connectivity index (χ3v) is 14.6. The summed E-state index contributed by atoms with van der Waals surface area (Å²) >= 11 is 0. The lowest BCUT2D eigenvalue weighted by molar-refractivity contribution is -0.870. The van der Waals surface area contributed by atoms with Crippen molar-refractivity contribution in [2.75, 3.05) is 47.5 Å². The molecule has 9 nitrogen and oxygen atoms in total. The summed E-state index contributed by atoms with van der Waals surface area (Å²) in [6.07, 6.45) is 66.8. The van der Waals surface area contributed by atoms with E-state index in [1.807, 2.05) is 21.1 Å². The van der Waals surface area contributed by atoms with Crippen LogP contribution < -0.4 is 4.89 Å². The molecule has 0 aliphatic carbocycles. The number of carbonyl (C=O) groups is 2. The molecule has 0 amide bonds. The first-order valence-electron chi connectivity index (χ1n) is 30.7. The molecule has 424 valence electrons. The Kier molecular flexibility index (Phi) is 52.7. The molecule has 0 radical (unpaired) electrons. The smallest absolute Gasteiger partial charge is 0.306 e. The zero-order chi connectivity index (χ0) is 52.7. The number of hydrogen-bond acceptors (Lipinski definition) is 8. The van der Waals surface area contributed by atoms with Crippen LogP contribution in [0.25, 0.3) is 0 Å². The SMILES string of the molecule is CC/C=C\C/C=C\C/C=C\CCCCCC(=O)OC(COC(=O)CCCCCCCCCCCCCCCCCCCCCCCCCCCCCCCCCCCCC)COP(=O)([O-])OCC[N+](C)(C)C. The molecule has 2 atom stereocenters. The summed E-state index contributed by atoms with van der Waals surface area (Å²) in [5, 5.41) is 0. The Balaban J connectivity index is 3.89. The number of nitrogens with zero attached hydrogens (tertiary/aromatic N) is 1. The predicted molar refractivity (Wildman–Crippen MR) is 305 cm³/mol. The van der Waals surface area contributed by atoms with Crippen LogP contribution in [0.1, 0.15) is 296 Å². The maximum atomic E-state index is 12.7. The Bertz CT molecular complexity index is 1310. The minimum Gasteiger partial charge on any atom is -0.756 e. The fraction of sp³-hybridized carbons (Fsp3) is 0.871. The van der Waals surface area contributed by atoms with Gasteiger partial charge in [-0.2, -0.15) is 0 Å². The number of unbranched alkanes of at least 4 members (excludes halogenated alkanes) is 37. The Morgan fingerprint density at radius 1 is 0.444 bits per heavy atom. The molecular weight excluding hydrogens is 918 g/mol. The van der Waals surface area contributed by atoms with Crippen LogP contribution in [0.3, 0.4) is 0 Å². The van der Waals surface area contributed by atoms with E-state index >= 15 is 0 Å². The molecule has 0 rings (SSSR count). The fourth-order valence-corrected chi connectivity index (χ4v) is 9.70. The van der Waals surface area contributed by atoms with Crippen LogP contribution in [0.2, 0.25) is 0 Å². The molecule has 0 fully saturated rings. The third kappa shape index (κ3) is 57.5. The molecule has 0 aromatic rings. The number of likely N-dealkylation sites (N-methyl/N-ethyl adjacent to an activating group) is 1. The molecule has 2 unspecified atom stereocenters. The monoisotopic (exact) mass is 1040 g/mol. The van der Waals surface area contributed by atoms with E-state index in [0.717, 1.165) is 57.8 Å². The van der Waals surface area contributed by atoms with Crippen molar-refractivity contribution in [3.63, 3.8) is 0 Å². The maximum Gasteiger partial charge on any atom is 0.306 e. The number of hydrogen-bond donors (Lipinski definition) is 0. The van der Waals surface area contributed by atoms with Crippen molar-refractivity contribution in [1.29, 1.82) is 0 Å². The van der Waals surface area contributed by atoms with Crippen molar-refractivity contribution in [2.45, 2.75) is 302 Å². The zero-order valence-corrected chi connectivity index (χ0v) is 49.0. The van der Waals surface area contributed by atoms with Gasteiger partial charge in [0.05, 0.1) is 27.7 Å². The van der Waals surface area contributed by atoms with Crippen molar-refractivity contribution < 1.29 is 42.1 Å². The van der Waals surface area contributed by atoms with Gasteiger partial charge in [-0.15, -0.1) is 0 Å². The van der Waals surface area contributed by atoms with Gasteiger partial charge in [0.1, 0.15) is 19.8 Å². The molecule has 0 heterocycles. The number of allylic oxidation sites excluding steroid dienone is 6. The average Bonchev–Trinajstić information content (AvgIpc) is 3.34. The van der Waals surface area contributed by atoms with E-state index in [1.54, 1.807) is 0 Å². The molecule has 0 aromatic heterocycles. The van der Waals surface area contributed by atoms with Gasteiger partial charge in [0.2, 0.25) is 0 Å². The minimum atomic E-state index is -4.64. The predicted octanol–water partition coefficient (Wildman–Crippen LogP) is 18.5. The number of esters is 2. The third-order valence-electron chi connectivity index (χ3n) is 13.7. The Morgan fingerprint density at radius 3 is 1.18 bits per heavy atom. The molecule has 0 aliphatic heterocycles. The Morgan fingerprint density at radius 2 is 0.792 bits per heavy atom. The molecule has 0 N–H and O–H groups in total. The molecule has 0 spiro atoms. The number of rotatable bonds is 57. The lowest BCUT2D eigenvalue weighted by Gasteiger charge is -2.28. The highest BCUT2D eigenvalue weighted by molar-refractivity contribution is 7.45. The van der Waals surface area contributed by atoms with E-state index < -0.39 is 26.5 Å². The zero-order valence-electron chi connectivity index (χ0n) is 48.1. The normalized spacial score (nSPS) is 13.5. The van der Waals surface area contributed by atoms with Gasteiger partial charge in [0, 0.05) is 12.8 Å². The molecule has 0 saturated heterocycles. The van der Waals surface area contributed by atoms with Gasteiger partial charge in [0.25, 0.3) is 7.82 Å². The first-order chi connectivity index (χ1) is 35.0. The largest absolute Gasteiger partial charge is 0.756 e. The minimum absolute atomic E-state index is 0.0357. The summed E-state index contributed by atoms with van der Waals surface area (Å²) in [7, 11) is 1.15. The quantitative estimate of drug-likeness (QED) is 0.0195.